The van der Waals surface area contributed by atoms with Crippen LogP contribution in [0, 0.1) is 5.82 Å². The zero-order chi connectivity index (χ0) is 21.7. The normalized spacial score (nSPS) is 10.3. The average molecular weight is 429 g/mol. The maximum atomic E-state index is 13.2. The summed E-state index contributed by atoms with van der Waals surface area (Å²) in [7, 11) is 2.85. The molecule has 0 aliphatic heterocycles. The standard InChI is InChI=1S/C22H18ClFN2O4/c1-29-19-12-18(26-22(28)15-9-8-14(24)10-16(15)23)20(30-2)11-17(19)25-21(27)13-6-4-3-5-7-13/h3-12H,1-2H3,(H,25,27)(H,26,28). The third-order valence-corrected chi connectivity index (χ3v) is 4.54. The molecular formula is C22H18ClFN2O4. The lowest BCUT2D eigenvalue weighted by molar-refractivity contribution is 0.101. The van der Waals surface area contributed by atoms with Crippen LogP contribution in [0.15, 0.2) is 60.7 Å². The zero-order valence-corrected chi connectivity index (χ0v) is 16.9. The van der Waals surface area contributed by atoms with Gasteiger partial charge in [0.15, 0.2) is 0 Å². The highest BCUT2D eigenvalue weighted by Gasteiger charge is 2.18. The van der Waals surface area contributed by atoms with Crippen LogP contribution < -0.4 is 20.1 Å². The van der Waals surface area contributed by atoms with E-state index in [1.165, 1.54) is 32.4 Å². The maximum absolute atomic E-state index is 13.2. The van der Waals surface area contributed by atoms with Crippen molar-refractivity contribution in [3.63, 3.8) is 0 Å². The second-order valence-corrected chi connectivity index (χ2v) is 6.56. The number of methoxy groups -OCH3 is 2. The summed E-state index contributed by atoms with van der Waals surface area (Å²) in [4.78, 5) is 25.0. The van der Waals surface area contributed by atoms with Crippen molar-refractivity contribution >= 4 is 34.8 Å². The van der Waals surface area contributed by atoms with Gasteiger partial charge in [-0.15, -0.1) is 0 Å². The molecule has 0 saturated heterocycles. The fraction of sp³-hybridized carbons (Fsp3) is 0.0909. The number of carbonyl (C=O) groups is 2. The van der Waals surface area contributed by atoms with Gasteiger partial charge in [0.25, 0.3) is 11.8 Å². The monoisotopic (exact) mass is 428 g/mol. The molecule has 0 unspecified atom stereocenters. The first kappa shape index (κ1) is 21.1. The molecule has 2 amide bonds. The molecule has 3 rings (SSSR count). The number of hydrogen-bond acceptors (Lipinski definition) is 4. The molecule has 0 fully saturated rings. The SMILES string of the molecule is COc1cc(NC(=O)c2ccc(F)cc2Cl)c(OC)cc1NC(=O)c1ccccc1. The molecule has 0 aliphatic carbocycles. The molecule has 0 heterocycles. The number of hydrogen-bond donors (Lipinski definition) is 2. The lowest BCUT2D eigenvalue weighted by Crippen LogP contribution is -2.15. The number of carbonyl (C=O) groups excluding carboxylic acids is 2. The quantitative estimate of drug-likeness (QED) is 0.579. The van der Waals surface area contributed by atoms with Gasteiger partial charge in [0.05, 0.1) is 36.2 Å². The number of benzene rings is 3. The largest absolute Gasteiger partial charge is 0.494 e. The summed E-state index contributed by atoms with van der Waals surface area (Å²) >= 11 is 5.96. The number of ether oxygens (including phenoxy) is 2. The van der Waals surface area contributed by atoms with Crippen molar-refractivity contribution in [1.29, 1.82) is 0 Å². The summed E-state index contributed by atoms with van der Waals surface area (Å²) in [6, 6.07) is 15.2. The Bertz CT molecular complexity index is 1090. The van der Waals surface area contributed by atoms with E-state index in [-0.39, 0.29) is 27.9 Å². The Morgan fingerprint density at radius 2 is 1.40 bits per heavy atom. The van der Waals surface area contributed by atoms with Crippen molar-refractivity contribution in [1.82, 2.24) is 0 Å². The second-order valence-electron chi connectivity index (χ2n) is 6.15. The molecule has 2 N–H and O–H groups in total. The van der Waals surface area contributed by atoms with Gasteiger partial charge in [-0.2, -0.15) is 0 Å². The fourth-order valence-corrected chi connectivity index (χ4v) is 2.99. The number of nitrogens with one attached hydrogen (secondary N) is 2. The van der Waals surface area contributed by atoms with Crippen molar-refractivity contribution in [2.45, 2.75) is 0 Å². The highest BCUT2D eigenvalue weighted by molar-refractivity contribution is 6.34. The highest BCUT2D eigenvalue weighted by Crippen LogP contribution is 2.37. The minimum absolute atomic E-state index is 0.0230. The summed E-state index contributed by atoms with van der Waals surface area (Å²) in [6.45, 7) is 0. The van der Waals surface area contributed by atoms with Crippen LogP contribution in [0.2, 0.25) is 5.02 Å². The third-order valence-electron chi connectivity index (χ3n) is 4.23. The van der Waals surface area contributed by atoms with Gasteiger partial charge in [0, 0.05) is 17.7 Å². The summed E-state index contributed by atoms with van der Waals surface area (Å²) in [5.41, 5.74) is 1.22. The maximum Gasteiger partial charge on any atom is 0.257 e. The molecule has 3 aromatic carbocycles. The van der Waals surface area contributed by atoms with Crippen molar-refractivity contribution < 1.29 is 23.5 Å². The van der Waals surface area contributed by atoms with Crippen molar-refractivity contribution in [2.24, 2.45) is 0 Å². The topological polar surface area (TPSA) is 76.7 Å². The Morgan fingerprint density at radius 1 is 0.833 bits per heavy atom. The van der Waals surface area contributed by atoms with Gasteiger partial charge < -0.3 is 20.1 Å². The van der Waals surface area contributed by atoms with Crippen LogP contribution in [0.3, 0.4) is 0 Å². The van der Waals surface area contributed by atoms with Gasteiger partial charge in [0.2, 0.25) is 0 Å². The van der Waals surface area contributed by atoms with E-state index < -0.39 is 11.7 Å². The minimum Gasteiger partial charge on any atom is -0.494 e. The van der Waals surface area contributed by atoms with Crippen LogP contribution in [0.25, 0.3) is 0 Å². The lowest BCUT2D eigenvalue weighted by Gasteiger charge is -2.16. The number of amides is 2. The molecule has 30 heavy (non-hydrogen) atoms. The van der Waals surface area contributed by atoms with Crippen LogP contribution >= 0.6 is 11.6 Å². The van der Waals surface area contributed by atoms with E-state index >= 15 is 0 Å². The summed E-state index contributed by atoms with van der Waals surface area (Å²) in [5, 5.41) is 5.40. The highest BCUT2D eigenvalue weighted by atomic mass is 35.5. The first-order valence-corrected chi connectivity index (χ1v) is 9.19. The van der Waals surface area contributed by atoms with E-state index in [1.54, 1.807) is 24.3 Å². The van der Waals surface area contributed by atoms with Gasteiger partial charge in [-0.05, 0) is 30.3 Å². The van der Waals surface area contributed by atoms with E-state index in [0.717, 1.165) is 12.1 Å². The van der Waals surface area contributed by atoms with E-state index in [2.05, 4.69) is 10.6 Å². The van der Waals surface area contributed by atoms with Crippen LogP contribution in [0.5, 0.6) is 11.5 Å². The Morgan fingerprint density at radius 3 is 1.93 bits per heavy atom. The number of anilines is 2. The van der Waals surface area contributed by atoms with Gasteiger partial charge >= 0.3 is 0 Å². The Hall–Kier alpha value is -3.58. The molecule has 0 saturated carbocycles. The van der Waals surface area contributed by atoms with E-state index in [0.29, 0.717) is 17.0 Å². The molecule has 8 heteroatoms. The Kier molecular flexibility index (Phi) is 6.54. The van der Waals surface area contributed by atoms with E-state index in [1.807, 2.05) is 6.07 Å². The lowest BCUT2D eigenvalue weighted by atomic mass is 10.1. The van der Waals surface area contributed by atoms with Gasteiger partial charge in [-0.3, -0.25) is 9.59 Å². The van der Waals surface area contributed by atoms with Crippen LogP contribution in [-0.4, -0.2) is 26.0 Å². The Balaban J connectivity index is 1.89. The molecule has 0 spiro atoms. The van der Waals surface area contributed by atoms with E-state index in [4.69, 9.17) is 21.1 Å². The Labute approximate surface area is 177 Å². The van der Waals surface area contributed by atoms with Crippen molar-refractivity contribution in [3.05, 3.63) is 82.6 Å². The van der Waals surface area contributed by atoms with Gasteiger partial charge in [-0.25, -0.2) is 4.39 Å². The van der Waals surface area contributed by atoms with E-state index in [9.17, 15) is 14.0 Å². The number of rotatable bonds is 6. The van der Waals surface area contributed by atoms with Crippen LogP contribution in [0.4, 0.5) is 15.8 Å². The summed E-state index contributed by atoms with van der Waals surface area (Å²) < 4.78 is 23.9. The second kappa shape index (κ2) is 9.28. The molecule has 0 radical (unpaired) electrons. The first-order valence-electron chi connectivity index (χ1n) is 8.81. The molecule has 0 bridgehead atoms. The summed E-state index contributed by atoms with van der Waals surface area (Å²) in [6.07, 6.45) is 0. The molecule has 0 aliphatic rings. The van der Waals surface area contributed by atoms with Crippen LogP contribution in [0.1, 0.15) is 20.7 Å². The number of halogens is 2. The van der Waals surface area contributed by atoms with Crippen molar-refractivity contribution in [3.8, 4) is 11.5 Å². The average Bonchev–Trinajstić information content (AvgIpc) is 2.74. The van der Waals surface area contributed by atoms with Gasteiger partial charge in [-0.1, -0.05) is 29.8 Å². The zero-order valence-electron chi connectivity index (χ0n) is 16.2. The fourth-order valence-electron chi connectivity index (χ4n) is 2.74. The molecule has 0 atom stereocenters. The van der Waals surface area contributed by atoms with Crippen molar-refractivity contribution in [2.75, 3.05) is 24.9 Å². The smallest absolute Gasteiger partial charge is 0.257 e. The molecular weight excluding hydrogens is 411 g/mol. The third kappa shape index (κ3) is 4.69. The summed E-state index contributed by atoms with van der Waals surface area (Å²) in [5.74, 6) is -0.840. The van der Waals surface area contributed by atoms with Gasteiger partial charge in [0.1, 0.15) is 17.3 Å². The predicted octanol–water partition coefficient (Wildman–Crippen LogP) is 5.00. The minimum atomic E-state index is -0.554. The molecule has 154 valence electrons. The molecule has 3 aromatic rings. The van der Waals surface area contributed by atoms with Crippen LogP contribution in [-0.2, 0) is 0 Å². The first-order chi connectivity index (χ1) is 14.4. The molecule has 0 aromatic heterocycles. The molecule has 6 nitrogen and oxygen atoms in total. The predicted molar refractivity (Wildman–Crippen MR) is 113 cm³/mol.